The van der Waals surface area contributed by atoms with Crippen LogP contribution in [0.4, 0.5) is 0 Å². The van der Waals surface area contributed by atoms with Gasteiger partial charge in [-0.1, -0.05) is 0 Å². The molecule has 0 saturated carbocycles. The van der Waals surface area contributed by atoms with Crippen LogP contribution < -0.4 is 0 Å². The highest BCUT2D eigenvalue weighted by molar-refractivity contribution is 7.09. The molecular weight excluding hydrogens is 166 g/mol. The summed E-state index contributed by atoms with van der Waals surface area (Å²) in [6.07, 6.45) is 2.07. The molecule has 0 aliphatic rings. The van der Waals surface area contributed by atoms with Crippen LogP contribution in [0.3, 0.4) is 0 Å². The fraction of sp³-hybridized carbons (Fsp3) is 0.571. The largest absolute Gasteiger partial charge is 0.247 e. The van der Waals surface area contributed by atoms with Gasteiger partial charge < -0.3 is 0 Å². The normalized spacial score (nSPS) is 10.2. The summed E-state index contributed by atoms with van der Waals surface area (Å²) in [6, 6.07) is 0. The quantitative estimate of drug-likeness (QED) is 0.644. The van der Waals surface area contributed by atoms with Gasteiger partial charge in [0.1, 0.15) is 0 Å². The molecule has 3 heteroatoms. The summed E-state index contributed by atoms with van der Waals surface area (Å²) in [7, 11) is 0. The lowest BCUT2D eigenvalue weighted by Crippen LogP contribution is -1.84. The van der Waals surface area contributed by atoms with E-state index in [1.165, 1.54) is 5.01 Å². The average Bonchev–Trinajstić information content (AvgIpc) is 2.31. The van der Waals surface area contributed by atoms with Crippen molar-refractivity contribution in [2.75, 3.05) is 5.88 Å². The molecule has 0 amide bonds. The molecule has 56 valence electrons. The van der Waals surface area contributed by atoms with Crippen molar-refractivity contribution in [2.45, 2.75) is 19.8 Å². The zero-order chi connectivity index (χ0) is 7.40. The smallest absolute Gasteiger partial charge is 0.0928 e. The number of halogens is 1. The Kier molecular flexibility index (Phi) is 3.16. The van der Waals surface area contributed by atoms with Crippen LogP contribution in [0.2, 0.25) is 0 Å². The number of hydrogen-bond acceptors (Lipinski definition) is 2. The Morgan fingerprint density at radius 3 is 3.00 bits per heavy atom. The Labute approximate surface area is 70.1 Å². The fourth-order valence-electron chi connectivity index (χ4n) is 0.736. The molecule has 1 aromatic rings. The van der Waals surface area contributed by atoms with E-state index in [1.54, 1.807) is 11.3 Å². The minimum absolute atomic E-state index is 0.735. The first kappa shape index (κ1) is 8.02. The highest BCUT2D eigenvalue weighted by Crippen LogP contribution is 2.10. The van der Waals surface area contributed by atoms with Crippen molar-refractivity contribution in [3.63, 3.8) is 0 Å². The van der Waals surface area contributed by atoms with E-state index >= 15 is 0 Å². The van der Waals surface area contributed by atoms with Crippen LogP contribution in [0.15, 0.2) is 5.38 Å². The summed E-state index contributed by atoms with van der Waals surface area (Å²) in [5, 5.41) is 3.28. The standard InChI is InChI=1S/C7H10ClNS/c1-6-5-10-7(9-6)3-2-4-8/h5H,2-4H2,1H3. The molecule has 0 aromatic carbocycles. The summed E-state index contributed by atoms with van der Waals surface area (Å²) >= 11 is 7.25. The van der Waals surface area contributed by atoms with E-state index in [0.717, 1.165) is 24.4 Å². The lowest BCUT2D eigenvalue weighted by atomic mass is 10.3. The Balaban J connectivity index is 2.42. The van der Waals surface area contributed by atoms with Crippen molar-refractivity contribution < 1.29 is 0 Å². The second kappa shape index (κ2) is 3.94. The maximum atomic E-state index is 5.54. The van der Waals surface area contributed by atoms with Gasteiger partial charge in [0.2, 0.25) is 0 Å². The molecule has 0 bridgehead atoms. The van der Waals surface area contributed by atoms with Gasteiger partial charge in [0.05, 0.1) is 5.01 Å². The highest BCUT2D eigenvalue weighted by Gasteiger charge is 1.96. The van der Waals surface area contributed by atoms with Crippen molar-refractivity contribution in [1.29, 1.82) is 0 Å². The van der Waals surface area contributed by atoms with Gasteiger partial charge in [-0.15, -0.1) is 22.9 Å². The number of nitrogens with zero attached hydrogens (tertiary/aromatic N) is 1. The van der Waals surface area contributed by atoms with Crippen molar-refractivity contribution in [2.24, 2.45) is 0 Å². The van der Waals surface area contributed by atoms with E-state index in [9.17, 15) is 0 Å². The van der Waals surface area contributed by atoms with Crippen LogP contribution in [-0.2, 0) is 6.42 Å². The highest BCUT2D eigenvalue weighted by atomic mass is 35.5. The molecule has 0 N–H and O–H groups in total. The predicted molar refractivity (Wildman–Crippen MR) is 45.9 cm³/mol. The Morgan fingerprint density at radius 1 is 1.70 bits per heavy atom. The number of aryl methyl sites for hydroxylation is 2. The van der Waals surface area contributed by atoms with Gasteiger partial charge >= 0.3 is 0 Å². The molecule has 1 rings (SSSR count). The molecule has 0 saturated heterocycles. The second-order valence-corrected chi connectivity index (χ2v) is 3.50. The molecule has 0 fully saturated rings. The molecule has 0 spiro atoms. The number of rotatable bonds is 3. The van der Waals surface area contributed by atoms with Gasteiger partial charge in [-0.2, -0.15) is 0 Å². The maximum Gasteiger partial charge on any atom is 0.0928 e. The van der Waals surface area contributed by atoms with E-state index < -0.39 is 0 Å². The van der Waals surface area contributed by atoms with Gasteiger partial charge in [0.25, 0.3) is 0 Å². The van der Waals surface area contributed by atoms with Crippen LogP contribution >= 0.6 is 22.9 Å². The first-order valence-electron chi connectivity index (χ1n) is 3.30. The third kappa shape index (κ3) is 2.27. The molecule has 1 aromatic heterocycles. The fourth-order valence-corrected chi connectivity index (χ4v) is 1.69. The summed E-state index contributed by atoms with van der Waals surface area (Å²) < 4.78 is 0. The Hall–Kier alpha value is -0.0800. The van der Waals surface area contributed by atoms with Crippen LogP contribution in [0.1, 0.15) is 17.1 Å². The van der Waals surface area contributed by atoms with Gasteiger partial charge in [0.15, 0.2) is 0 Å². The van der Waals surface area contributed by atoms with Crippen LogP contribution in [0.25, 0.3) is 0 Å². The van der Waals surface area contributed by atoms with Crippen LogP contribution in [0, 0.1) is 6.92 Å². The Morgan fingerprint density at radius 2 is 2.50 bits per heavy atom. The molecule has 0 unspecified atom stereocenters. The summed E-state index contributed by atoms with van der Waals surface area (Å²) in [5.74, 6) is 0.735. The minimum Gasteiger partial charge on any atom is -0.247 e. The molecule has 0 aliphatic carbocycles. The monoisotopic (exact) mass is 175 g/mol. The van der Waals surface area contributed by atoms with Gasteiger partial charge in [0, 0.05) is 23.4 Å². The molecule has 10 heavy (non-hydrogen) atoms. The van der Waals surface area contributed by atoms with Crippen molar-refractivity contribution in [3.05, 3.63) is 16.1 Å². The van der Waals surface area contributed by atoms with Crippen molar-refractivity contribution >= 4 is 22.9 Å². The minimum atomic E-state index is 0.735. The number of thiazole rings is 1. The molecule has 1 heterocycles. The number of alkyl halides is 1. The lowest BCUT2D eigenvalue weighted by molar-refractivity contribution is 0.909. The first-order chi connectivity index (χ1) is 4.83. The first-order valence-corrected chi connectivity index (χ1v) is 4.71. The van der Waals surface area contributed by atoms with Crippen LogP contribution in [-0.4, -0.2) is 10.9 Å². The van der Waals surface area contributed by atoms with Crippen molar-refractivity contribution in [3.8, 4) is 0 Å². The SMILES string of the molecule is Cc1csc(CCCCl)n1. The zero-order valence-electron chi connectivity index (χ0n) is 5.93. The van der Waals surface area contributed by atoms with Crippen molar-refractivity contribution in [1.82, 2.24) is 4.98 Å². The predicted octanol–water partition coefficient (Wildman–Crippen LogP) is 2.62. The van der Waals surface area contributed by atoms with E-state index in [1.807, 2.05) is 6.92 Å². The van der Waals surface area contributed by atoms with E-state index in [4.69, 9.17) is 11.6 Å². The third-order valence-electron chi connectivity index (χ3n) is 1.19. The van der Waals surface area contributed by atoms with E-state index in [-0.39, 0.29) is 0 Å². The van der Waals surface area contributed by atoms with Gasteiger partial charge in [-0.05, 0) is 13.3 Å². The molecule has 0 aliphatic heterocycles. The van der Waals surface area contributed by atoms with Crippen LogP contribution in [0.5, 0.6) is 0 Å². The maximum absolute atomic E-state index is 5.54. The molecule has 0 radical (unpaired) electrons. The third-order valence-corrected chi connectivity index (χ3v) is 2.48. The number of hydrogen-bond donors (Lipinski definition) is 0. The van der Waals surface area contributed by atoms with Gasteiger partial charge in [-0.25, -0.2) is 4.98 Å². The second-order valence-electron chi connectivity index (χ2n) is 2.18. The van der Waals surface area contributed by atoms with E-state index in [0.29, 0.717) is 0 Å². The molecule has 1 nitrogen and oxygen atoms in total. The summed E-state index contributed by atoms with van der Waals surface area (Å²) in [5.41, 5.74) is 1.12. The van der Waals surface area contributed by atoms with Gasteiger partial charge in [-0.3, -0.25) is 0 Å². The topological polar surface area (TPSA) is 12.9 Å². The summed E-state index contributed by atoms with van der Waals surface area (Å²) in [6.45, 7) is 2.01. The Bertz CT molecular complexity index is 197. The van der Waals surface area contributed by atoms with E-state index in [2.05, 4.69) is 10.4 Å². The molecule has 0 atom stereocenters. The zero-order valence-corrected chi connectivity index (χ0v) is 7.50. The number of aromatic nitrogens is 1. The summed E-state index contributed by atoms with van der Waals surface area (Å²) in [4.78, 5) is 4.31. The average molecular weight is 176 g/mol. The molecular formula is C7H10ClNS. The lowest BCUT2D eigenvalue weighted by Gasteiger charge is -1.88.